The summed E-state index contributed by atoms with van der Waals surface area (Å²) in [6, 6.07) is 35.1. The van der Waals surface area contributed by atoms with Crippen LogP contribution in [0.15, 0.2) is 119 Å². The Labute approximate surface area is 258 Å². The van der Waals surface area contributed by atoms with Crippen LogP contribution in [-0.4, -0.2) is 26.1 Å². The van der Waals surface area contributed by atoms with Gasteiger partial charge in [-0.1, -0.05) is 54.6 Å². The summed E-state index contributed by atoms with van der Waals surface area (Å²) in [5.41, 5.74) is 7.94. The van der Waals surface area contributed by atoms with Crippen molar-refractivity contribution in [3.63, 3.8) is 0 Å². The highest BCUT2D eigenvalue weighted by Crippen LogP contribution is 2.43. The minimum atomic E-state index is -4.50. The van der Waals surface area contributed by atoms with Gasteiger partial charge in [0.05, 0.1) is 6.07 Å². The molecule has 4 aromatic rings. The van der Waals surface area contributed by atoms with Gasteiger partial charge in [0.15, 0.2) is 0 Å². The summed E-state index contributed by atoms with van der Waals surface area (Å²) in [6.07, 6.45) is 0. The summed E-state index contributed by atoms with van der Waals surface area (Å²) in [5.74, 6) is 0.610. The zero-order valence-electron chi connectivity index (χ0n) is 25.3. The molecule has 6 rings (SSSR count). The second-order valence-corrected chi connectivity index (χ2v) is 12.3. The van der Waals surface area contributed by atoms with Crippen molar-refractivity contribution in [2.45, 2.75) is 32.6 Å². The second kappa shape index (κ2) is 11.8. The normalized spacial score (nSPS) is 12.5. The Kier molecular flexibility index (Phi) is 7.84. The SMILES string of the molecule is CCN(c1ccc2c(-c3ccccc3S(=O)(=O)O)c3ccc(=[N+](CC)c4ccccc4C)cc-3oc2c1)c1ccccc1C. The van der Waals surface area contributed by atoms with E-state index in [1.54, 1.807) is 18.2 Å². The number of rotatable bonds is 7. The van der Waals surface area contributed by atoms with Crippen molar-refractivity contribution in [1.29, 1.82) is 0 Å². The van der Waals surface area contributed by atoms with Crippen LogP contribution in [0.5, 0.6) is 0 Å². The van der Waals surface area contributed by atoms with E-state index in [0.717, 1.165) is 57.6 Å². The van der Waals surface area contributed by atoms with Crippen LogP contribution in [0.25, 0.3) is 33.4 Å². The van der Waals surface area contributed by atoms with E-state index in [-0.39, 0.29) is 4.90 Å². The van der Waals surface area contributed by atoms with Crippen molar-refractivity contribution in [2.75, 3.05) is 18.0 Å². The fourth-order valence-electron chi connectivity index (χ4n) is 6.11. The molecule has 0 amide bonds. The predicted octanol–water partition coefficient (Wildman–Crippen LogP) is 8.35. The molecular formula is C37H35N2O4S+. The van der Waals surface area contributed by atoms with Gasteiger partial charge in [0.25, 0.3) is 10.1 Å². The van der Waals surface area contributed by atoms with Gasteiger partial charge in [-0.05, 0) is 63.6 Å². The van der Waals surface area contributed by atoms with E-state index in [1.807, 2.05) is 60.7 Å². The smallest absolute Gasteiger partial charge is 0.295 e. The number of aryl methyl sites for hydroxylation is 2. The third kappa shape index (κ3) is 5.29. The highest BCUT2D eigenvalue weighted by molar-refractivity contribution is 7.86. The second-order valence-electron chi connectivity index (χ2n) is 10.9. The molecule has 1 aliphatic carbocycles. The minimum Gasteiger partial charge on any atom is -0.456 e. The molecule has 0 atom stereocenters. The van der Waals surface area contributed by atoms with Crippen LogP contribution in [0.4, 0.5) is 17.1 Å². The van der Waals surface area contributed by atoms with Crippen molar-refractivity contribution < 1.29 is 17.4 Å². The Morgan fingerprint density at radius 3 is 2.18 bits per heavy atom. The molecule has 0 unspecified atom stereocenters. The zero-order valence-corrected chi connectivity index (χ0v) is 26.1. The summed E-state index contributed by atoms with van der Waals surface area (Å²) < 4.78 is 44.2. The molecule has 1 aliphatic heterocycles. The third-order valence-corrected chi connectivity index (χ3v) is 9.10. The van der Waals surface area contributed by atoms with Crippen LogP contribution in [0.1, 0.15) is 25.0 Å². The lowest BCUT2D eigenvalue weighted by atomic mass is 9.93. The van der Waals surface area contributed by atoms with E-state index in [2.05, 4.69) is 61.4 Å². The largest absolute Gasteiger partial charge is 0.456 e. The summed E-state index contributed by atoms with van der Waals surface area (Å²) in [7, 11) is -4.50. The number of fused-ring (bicyclic) bond motifs is 2. The van der Waals surface area contributed by atoms with Gasteiger partial charge in [-0.2, -0.15) is 13.0 Å². The molecule has 4 aromatic carbocycles. The average molecular weight is 604 g/mol. The zero-order chi connectivity index (χ0) is 31.0. The Balaban J connectivity index is 1.70. The molecule has 222 valence electrons. The maximum Gasteiger partial charge on any atom is 0.295 e. The maximum atomic E-state index is 12.6. The number of benzene rings is 5. The first kappa shape index (κ1) is 29.4. The van der Waals surface area contributed by atoms with Gasteiger partial charge in [-0.15, -0.1) is 0 Å². The highest BCUT2D eigenvalue weighted by Gasteiger charge is 2.25. The first-order chi connectivity index (χ1) is 21.2. The predicted molar refractivity (Wildman–Crippen MR) is 179 cm³/mol. The fourth-order valence-corrected chi connectivity index (χ4v) is 6.81. The molecule has 0 aromatic heterocycles. The number of hydrogen-bond donors (Lipinski definition) is 1. The topological polar surface area (TPSA) is 73.8 Å². The number of anilines is 2. The van der Waals surface area contributed by atoms with Gasteiger partial charge in [-0.25, -0.2) is 0 Å². The van der Waals surface area contributed by atoms with Gasteiger partial charge in [0.1, 0.15) is 22.8 Å². The Bertz CT molecular complexity index is 2170. The van der Waals surface area contributed by atoms with Gasteiger partial charge in [-0.3, -0.25) is 4.55 Å². The van der Waals surface area contributed by atoms with Crippen molar-refractivity contribution in [3.8, 4) is 22.5 Å². The molecule has 0 radical (unpaired) electrons. The van der Waals surface area contributed by atoms with Crippen molar-refractivity contribution in [3.05, 3.63) is 126 Å². The quantitative estimate of drug-likeness (QED) is 0.113. The average Bonchev–Trinajstić information content (AvgIpc) is 3.02. The molecule has 2 aliphatic rings. The molecule has 0 spiro atoms. The van der Waals surface area contributed by atoms with Crippen LogP contribution in [0.3, 0.4) is 0 Å². The summed E-state index contributed by atoms with van der Waals surface area (Å²) in [6.45, 7) is 9.90. The Hall–Kier alpha value is -4.72. The van der Waals surface area contributed by atoms with Gasteiger partial charge < -0.3 is 9.32 Å². The third-order valence-electron chi connectivity index (χ3n) is 8.19. The molecule has 6 nitrogen and oxygen atoms in total. The standard InChI is InChI=1S/C37H34N2O4S/c1-5-38(32-16-10-7-13-25(32)3)27-19-21-29-34(23-27)43-35-24-28(39(6-2)33-17-11-8-14-26(33)4)20-22-30(35)37(29)31-15-9-12-18-36(31)44(40,41)42/h7-24H,5-6H2,1-4H3/p+1. The lowest BCUT2D eigenvalue weighted by molar-refractivity contribution is 0.483. The number of para-hydroxylation sites is 2. The van der Waals surface area contributed by atoms with E-state index in [1.165, 1.54) is 6.07 Å². The van der Waals surface area contributed by atoms with Gasteiger partial charge in [0.2, 0.25) is 11.0 Å². The molecule has 7 heteroatoms. The van der Waals surface area contributed by atoms with Crippen LogP contribution in [0.2, 0.25) is 0 Å². The molecule has 44 heavy (non-hydrogen) atoms. The van der Waals surface area contributed by atoms with Crippen LogP contribution in [0, 0.1) is 13.8 Å². The van der Waals surface area contributed by atoms with E-state index in [4.69, 9.17) is 4.42 Å². The van der Waals surface area contributed by atoms with Crippen LogP contribution < -0.4 is 14.8 Å². The van der Waals surface area contributed by atoms with E-state index in [0.29, 0.717) is 22.5 Å². The summed E-state index contributed by atoms with van der Waals surface area (Å²) in [4.78, 5) is 2.08. The molecule has 0 bridgehead atoms. The maximum absolute atomic E-state index is 12.6. The van der Waals surface area contributed by atoms with Crippen molar-refractivity contribution in [1.82, 2.24) is 4.58 Å². The van der Waals surface area contributed by atoms with E-state index in [9.17, 15) is 13.0 Å². The number of hydrogen-bond acceptors (Lipinski definition) is 4. The summed E-state index contributed by atoms with van der Waals surface area (Å²) >= 11 is 0. The monoisotopic (exact) mass is 603 g/mol. The van der Waals surface area contributed by atoms with E-state index >= 15 is 0 Å². The van der Waals surface area contributed by atoms with Gasteiger partial charge in [0, 0.05) is 63.8 Å². The molecular weight excluding hydrogens is 568 g/mol. The lowest BCUT2D eigenvalue weighted by Crippen LogP contribution is -2.25. The first-order valence-electron chi connectivity index (χ1n) is 14.8. The van der Waals surface area contributed by atoms with E-state index < -0.39 is 10.1 Å². The highest BCUT2D eigenvalue weighted by atomic mass is 32.2. The minimum absolute atomic E-state index is 0.146. The molecule has 1 heterocycles. The summed E-state index contributed by atoms with van der Waals surface area (Å²) in [5, 5.41) is 1.70. The number of nitrogens with zero attached hydrogens (tertiary/aromatic N) is 2. The van der Waals surface area contributed by atoms with Crippen LogP contribution in [-0.2, 0) is 10.1 Å². The Morgan fingerprint density at radius 2 is 1.48 bits per heavy atom. The molecule has 0 fully saturated rings. The van der Waals surface area contributed by atoms with Crippen molar-refractivity contribution in [2.24, 2.45) is 0 Å². The fraction of sp³-hybridized carbons (Fsp3) is 0.162. The van der Waals surface area contributed by atoms with Crippen LogP contribution >= 0.6 is 0 Å². The van der Waals surface area contributed by atoms with Gasteiger partial charge >= 0.3 is 0 Å². The molecule has 0 saturated carbocycles. The lowest BCUT2D eigenvalue weighted by Gasteiger charge is -2.26. The molecule has 0 saturated heterocycles. The molecule has 1 N–H and O–H groups in total. The van der Waals surface area contributed by atoms with Crippen molar-refractivity contribution >= 4 is 38.1 Å². The first-order valence-corrected chi connectivity index (χ1v) is 16.2. The Morgan fingerprint density at radius 1 is 0.773 bits per heavy atom.